The summed E-state index contributed by atoms with van der Waals surface area (Å²) in [5, 5.41) is 12.6. The van der Waals surface area contributed by atoms with E-state index in [4.69, 9.17) is 14.2 Å². The molecule has 2 aromatic carbocycles. The molecule has 0 aliphatic heterocycles. The van der Waals surface area contributed by atoms with Crippen LogP contribution in [0.15, 0.2) is 36.5 Å². The van der Waals surface area contributed by atoms with Crippen LogP contribution in [0.2, 0.25) is 0 Å². The highest BCUT2D eigenvalue weighted by atomic mass is 16.5. The topological polar surface area (TPSA) is 120 Å². The molecule has 9 nitrogen and oxygen atoms in total. The number of nitrogens with one attached hydrogen (secondary N) is 1. The van der Waals surface area contributed by atoms with Gasteiger partial charge in [-0.05, 0) is 31.2 Å². The standard InChI is InChI=1S/C21H21N3O6/c1-4-30-18(26)11-23-21(27)19-17(25)6-5-15-20(19)22-10-16(24-15)12-7-13(28-2)9-14(8-12)29-3/h5-10,25H,4,11H2,1-3H3,(H,23,27). The molecule has 156 valence electrons. The Kier molecular flexibility index (Phi) is 6.31. The zero-order valence-corrected chi connectivity index (χ0v) is 16.8. The Balaban J connectivity index is 1.98. The van der Waals surface area contributed by atoms with E-state index < -0.39 is 11.9 Å². The summed E-state index contributed by atoms with van der Waals surface area (Å²) in [5.74, 6) is -0.317. The number of aromatic nitrogens is 2. The van der Waals surface area contributed by atoms with Gasteiger partial charge in [-0.2, -0.15) is 0 Å². The predicted molar refractivity (Wildman–Crippen MR) is 109 cm³/mol. The van der Waals surface area contributed by atoms with E-state index in [0.29, 0.717) is 28.3 Å². The fourth-order valence-corrected chi connectivity index (χ4v) is 2.85. The van der Waals surface area contributed by atoms with Crippen LogP contribution in [-0.4, -0.2) is 54.3 Å². The molecule has 3 rings (SSSR count). The molecule has 1 heterocycles. The Morgan fingerprint density at radius 1 is 1.10 bits per heavy atom. The molecule has 0 radical (unpaired) electrons. The van der Waals surface area contributed by atoms with Crippen LogP contribution in [0.4, 0.5) is 0 Å². The molecule has 0 atom stereocenters. The lowest BCUT2D eigenvalue weighted by Gasteiger charge is -2.11. The number of carbonyl (C=O) groups is 2. The number of ether oxygens (including phenoxy) is 3. The minimum atomic E-state index is -0.656. The molecule has 2 N–H and O–H groups in total. The van der Waals surface area contributed by atoms with E-state index in [0.717, 1.165) is 0 Å². The first-order valence-electron chi connectivity index (χ1n) is 9.12. The van der Waals surface area contributed by atoms with Crippen molar-refractivity contribution >= 4 is 22.9 Å². The summed E-state index contributed by atoms with van der Waals surface area (Å²) in [6.07, 6.45) is 1.48. The van der Waals surface area contributed by atoms with Gasteiger partial charge >= 0.3 is 5.97 Å². The van der Waals surface area contributed by atoms with Gasteiger partial charge in [0, 0.05) is 11.6 Å². The first-order chi connectivity index (χ1) is 14.5. The van der Waals surface area contributed by atoms with Gasteiger partial charge < -0.3 is 24.6 Å². The molecule has 0 saturated carbocycles. The van der Waals surface area contributed by atoms with Crippen LogP contribution in [-0.2, 0) is 9.53 Å². The average molecular weight is 411 g/mol. The number of amides is 1. The van der Waals surface area contributed by atoms with Crippen molar-refractivity contribution in [3.8, 4) is 28.5 Å². The molecule has 0 fully saturated rings. The number of aromatic hydroxyl groups is 1. The van der Waals surface area contributed by atoms with Crippen molar-refractivity contribution in [3.63, 3.8) is 0 Å². The van der Waals surface area contributed by atoms with E-state index in [9.17, 15) is 14.7 Å². The van der Waals surface area contributed by atoms with Crippen LogP contribution in [0.1, 0.15) is 17.3 Å². The highest BCUT2D eigenvalue weighted by Gasteiger charge is 2.19. The molecular formula is C21H21N3O6. The van der Waals surface area contributed by atoms with Crippen LogP contribution in [0.3, 0.4) is 0 Å². The normalized spacial score (nSPS) is 10.5. The van der Waals surface area contributed by atoms with Crippen LogP contribution >= 0.6 is 0 Å². The first-order valence-corrected chi connectivity index (χ1v) is 9.12. The van der Waals surface area contributed by atoms with Gasteiger partial charge in [0.15, 0.2) is 0 Å². The Hall–Kier alpha value is -3.88. The zero-order valence-electron chi connectivity index (χ0n) is 16.8. The summed E-state index contributed by atoms with van der Waals surface area (Å²) in [6.45, 7) is 1.55. The first kappa shape index (κ1) is 20.8. The number of benzene rings is 2. The summed E-state index contributed by atoms with van der Waals surface area (Å²) >= 11 is 0. The number of hydrogen-bond donors (Lipinski definition) is 2. The minimum Gasteiger partial charge on any atom is -0.507 e. The predicted octanol–water partition coefficient (Wildman–Crippen LogP) is 2.31. The second-order valence-electron chi connectivity index (χ2n) is 6.17. The quantitative estimate of drug-likeness (QED) is 0.569. The van der Waals surface area contributed by atoms with E-state index in [1.165, 1.54) is 12.3 Å². The van der Waals surface area contributed by atoms with E-state index in [-0.39, 0.29) is 30.0 Å². The number of esters is 1. The summed E-state index contributed by atoms with van der Waals surface area (Å²) < 4.78 is 15.4. The van der Waals surface area contributed by atoms with Crippen molar-refractivity contribution < 1.29 is 28.9 Å². The van der Waals surface area contributed by atoms with Gasteiger partial charge in [-0.3, -0.25) is 14.6 Å². The van der Waals surface area contributed by atoms with E-state index in [2.05, 4.69) is 15.3 Å². The monoisotopic (exact) mass is 411 g/mol. The number of phenols is 1. The average Bonchev–Trinajstić information content (AvgIpc) is 2.76. The maximum absolute atomic E-state index is 12.5. The van der Waals surface area contributed by atoms with Crippen LogP contribution in [0, 0.1) is 0 Å². The highest BCUT2D eigenvalue weighted by molar-refractivity contribution is 6.08. The fraction of sp³-hybridized carbons (Fsp3) is 0.238. The number of phenolic OH excluding ortho intramolecular Hbond substituents is 1. The summed E-state index contributed by atoms with van der Waals surface area (Å²) in [7, 11) is 3.10. The highest BCUT2D eigenvalue weighted by Crippen LogP contribution is 2.31. The molecule has 0 unspecified atom stereocenters. The summed E-state index contributed by atoms with van der Waals surface area (Å²) in [4.78, 5) is 32.9. The molecular weight excluding hydrogens is 390 g/mol. The number of rotatable bonds is 7. The molecule has 0 aliphatic carbocycles. The second-order valence-corrected chi connectivity index (χ2v) is 6.17. The summed E-state index contributed by atoms with van der Waals surface area (Å²) in [6, 6.07) is 8.21. The third-order valence-electron chi connectivity index (χ3n) is 4.26. The van der Waals surface area contributed by atoms with Crippen LogP contribution < -0.4 is 14.8 Å². The second kappa shape index (κ2) is 9.08. The molecule has 9 heteroatoms. The van der Waals surface area contributed by atoms with Gasteiger partial charge in [-0.25, -0.2) is 4.98 Å². The van der Waals surface area contributed by atoms with Crippen LogP contribution in [0.25, 0.3) is 22.3 Å². The van der Waals surface area contributed by atoms with Crippen molar-refractivity contribution in [1.29, 1.82) is 0 Å². The van der Waals surface area contributed by atoms with Gasteiger partial charge in [-0.1, -0.05) is 0 Å². The maximum atomic E-state index is 12.5. The van der Waals surface area contributed by atoms with E-state index in [1.54, 1.807) is 45.4 Å². The van der Waals surface area contributed by atoms with Gasteiger partial charge in [0.05, 0.1) is 38.2 Å². The summed E-state index contributed by atoms with van der Waals surface area (Å²) in [5.41, 5.74) is 1.77. The van der Waals surface area contributed by atoms with Crippen molar-refractivity contribution in [2.24, 2.45) is 0 Å². The van der Waals surface area contributed by atoms with Gasteiger partial charge in [0.1, 0.15) is 34.9 Å². The SMILES string of the molecule is CCOC(=O)CNC(=O)c1c(O)ccc2nc(-c3cc(OC)cc(OC)c3)cnc12. The number of fused-ring (bicyclic) bond motifs is 1. The van der Waals surface area contributed by atoms with E-state index >= 15 is 0 Å². The Bertz CT molecular complexity index is 1080. The number of carbonyl (C=O) groups excluding carboxylic acids is 2. The molecule has 0 bridgehead atoms. The van der Waals surface area contributed by atoms with Crippen molar-refractivity contribution in [3.05, 3.63) is 42.1 Å². The third kappa shape index (κ3) is 4.40. The maximum Gasteiger partial charge on any atom is 0.325 e. The number of hydrogen-bond acceptors (Lipinski definition) is 8. The molecule has 1 aromatic heterocycles. The minimum absolute atomic E-state index is 0.0703. The lowest BCUT2D eigenvalue weighted by molar-refractivity contribution is -0.141. The molecule has 0 aliphatic rings. The smallest absolute Gasteiger partial charge is 0.325 e. The Labute approximate surface area is 172 Å². The fourth-order valence-electron chi connectivity index (χ4n) is 2.85. The molecule has 0 spiro atoms. The molecule has 1 amide bonds. The van der Waals surface area contributed by atoms with Gasteiger partial charge in [0.2, 0.25) is 0 Å². The third-order valence-corrected chi connectivity index (χ3v) is 4.26. The van der Waals surface area contributed by atoms with Gasteiger partial charge in [-0.15, -0.1) is 0 Å². The van der Waals surface area contributed by atoms with E-state index in [1.807, 2.05) is 0 Å². The van der Waals surface area contributed by atoms with Crippen molar-refractivity contribution in [2.75, 3.05) is 27.4 Å². The lowest BCUT2D eigenvalue weighted by atomic mass is 10.1. The Morgan fingerprint density at radius 2 is 1.80 bits per heavy atom. The van der Waals surface area contributed by atoms with Crippen LogP contribution in [0.5, 0.6) is 17.2 Å². The van der Waals surface area contributed by atoms with Crippen molar-refractivity contribution in [2.45, 2.75) is 6.92 Å². The largest absolute Gasteiger partial charge is 0.507 e. The number of nitrogens with zero attached hydrogens (tertiary/aromatic N) is 2. The molecule has 3 aromatic rings. The Morgan fingerprint density at radius 3 is 2.43 bits per heavy atom. The molecule has 30 heavy (non-hydrogen) atoms. The molecule has 0 saturated heterocycles. The van der Waals surface area contributed by atoms with Gasteiger partial charge in [0.25, 0.3) is 5.91 Å². The lowest BCUT2D eigenvalue weighted by Crippen LogP contribution is -2.31. The van der Waals surface area contributed by atoms with Crippen molar-refractivity contribution in [1.82, 2.24) is 15.3 Å². The zero-order chi connectivity index (χ0) is 21.7. The number of methoxy groups -OCH3 is 2.